The molecule has 0 amide bonds. The zero-order chi connectivity index (χ0) is 14.3. The number of aliphatic hydroxyl groups excluding tert-OH is 1. The largest absolute Gasteiger partial charge is 0.485 e. The van der Waals surface area contributed by atoms with Crippen molar-refractivity contribution in [2.75, 3.05) is 0 Å². The molecule has 2 atom stereocenters. The summed E-state index contributed by atoms with van der Waals surface area (Å²) in [4.78, 5) is 0. The van der Waals surface area contributed by atoms with Crippen LogP contribution in [-0.4, -0.2) is 5.11 Å². The summed E-state index contributed by atoms with van der Waals surface area (Å²) in [6.45, 7) is 0. The minimum Gasteiger partial charge on any atom is -0.485 e. The van der Waals surface area contributed by atoms with Crippen molar-refractivity contribution in [3.63, 3.8) is 0 Å². The Balaban J connectivity index is 2.00. The van der Waals surface area contributed by atoms with Crippen LogP contribution < -0.4 is 4.74 Å². The summed E-state index contributed by atoms with van der Waals surface area (Å²) in [5, 5.41) is 10.0. The predicted octanol–water partition coefficient (Wildman–Crippen LogP) is 3.66. The van der Waals surface area contributed by atoms with Crippen LogP contribution in [0.15, 0.2) is 36.4 Å². The lowest BCUT2D eigenvalue weighted by Crippen LogP contribution is -2.20. The predicted molar refractivity (Wildman–Crippen MR) is 65.7 cm³/mol. The molecule has 2 aromatic rings. The quantitative estimate of drug-likeness (QED) is 0.808. The van der Waals surface area contributed by atoms with Crippen molar-refractivity contribution in [3.8, 4) is 5.75 Å². The third kappa shape index (κ3) is 2.14. The number of halogens is 3. The third-order valence-electron chi connectivity index (χ3n) is 3.37. The topological polar surface area (TPSA) is 29.5 Å². The molecule has 0 spiro atoms. The Hall–Kier alpha value is -2.01. The lowest BCUT2D eigenvalue weighted by atomic mass is 9.94. The number of fused-ring (bicyclic) bond motifs is 1. The van der Waals surface area contributed by atoms with Gasteiger partial charge in [-0.05, 0) is 12.1 Å². The fourth-order valence-electron chi connectivity index (χ4n) is 2.37. The van der Waals surface area contributed by atoms with E-state index >= 15 is 0 Å². The van der Waals surface area contributed by atoms with Crippen LogP contribution in [0.2, 0.25) is 0 Å². The van der Waals surface area contributed by atoms with Gasteiger partial charge in [0, 0.05) is 23.6 Å². The molecule has 1 heterocycles. The molecule has 5 heteroatoms. The first-order valence-electron chi connectivity index (χ1n) is 6.14. The molecule has 3 rings (SSSR count). The smallest absolute Gasteiger partial charge is 0.161 e. The van der Waals surface area contributed by atoms with E-state index in [9.17, 15) is 18.3 Å². The lowest BCUT2D eigenvalue weighted by Gasteiger charge is -2.30. The van der Waals surface area contributed by atoms with Gasteiger partial charge in [0.1, 0.15) is 17.7 Å². The van der Waals surface area contributed by atoms with Gasteiger partial charge >= 0.3 is 0 Å². The van der Waals surface area contributed by atoms with E-state index in [1.165, 1.54) is 0 Å². The minimum atomic E-state index is -1.25. The average Bonchev–Trinajstić information content (AvgIpc) is 2.43. The standard InChI is InChI=1S/C15H11F3O2/c16-10-6-12(18)11(17)5-9(10)15-7-13(19)8-3-1-2-4-14(8)20-15/h1-6,13,15,19H,7H2. The SMILES string of the molecule is OC1CC(c2cc(F)c(F)cc2F)Oc2ccccc21. The van der Waals surface area contributed by atoms with Crippen LogP contribution in [0.4, 0.5) is 13.2 Å². The summed E-state index contributed by atoms with van der Waals surface area (Å²) in [7, 11) is 0. The Labute approximate surface area is 113 Å². The van der Waals surface area contributed by atoms with Crippen LogP contribution in [0.3, 0.4) is 0 Å². The van der Waals surface area contributed by atoms with Gasteiger partial charge in [-0.25, -0.2) is 13.2 Å². The molecule has 20 heavy (non-hydrogen) atoms. The van der Waals surface area contributed by atoms with Gasteiger partial charge in [-0.3, -0.25) is 0 Å². The highest BCUT2D eigenvalue weighted by molar-refractivity contribution is 5.38. The van der Waals surface area contributed by atoms with Gasteiger partial charge in [0.2, 0.25) is 0 Å². The van der Waals surface area contributed by atoms with Crippen molar-refractivity contribution < 1.29 is 23.0 Å². The molecule has 0 bridgehead atoms. The van der Waals surface area contributed by atoms with E-state index in [4.69, 9.17) is 4.74 Å². The molecule has 0 fully saturated rings. The highest BCUT2D eigenvalue weighted by atomic mass is 19.2. The first kappa shape index (κ1) is 13.0. The first-order chi connectivity index (χ1) is 9.56. The van der Waals surface area contributed by atoms with Crippen LogP contribution in [0, 0.1) is 17.5 Å². The van der Waals surface area contributed by atoms with Gasteiger partial charge in [0.25, 0.3) is 0 Å². The molecule has 2 unspecified atom stereocenters. The molecular formula is C15H11F3O2. The fraction of sp³-hybridized carbons (Fsp3) is 0.200. The Bertz CT molecular complexity index is 658. The maximum atomic E-state index is 13.7. The number of para-hydroxylation sites is 1. The van der Waals surface area contributed by atoms with Crippen molar-refractivity contribution in [2.24, 2.45) is 0 Å². The second-order valence-electron chi connectivity index (χ2n) is 4.68. The number of ether oxygens (including phenoxy) is 1. The number of hydrogen-bond donors (Lipinski definition) is 1. The van der Waals surface area contributed by atoms with E-state index in [1.54, 1.807) is 24.3 Å². The number of hydrogen-bond acceptors (Lipinski definition) is 2. The molecule has 104 valence electrons. The van der Waals surface area contributed by atoms with Crippen molar-refractivity contribution in [1.82, 2.24) is 0 Å². The highest BCUT2D eigenvalue weighted by Gasteiger charge is 2.30. The first-order valence-corrected chi connectivity index (χ1v) is 6.14. The molecule has 0 saturated heterocycles. The Morgan fingerprint density at radius 3 is 2.45 bits per heavy atom. The van der Waals surface area contributed by atoms with Gasteiger partial charge in [0.05, 0.1) is 6.10 Å². The molecule has 2 aromatic carbocycles. The second-order valence-corrected chi connectivity index (χ2v) is 4.68. The minimum absolute atomic E-state index is 0.0823. The van der Waals surface area contributed by atoms with E-state index in [1.807, 2.05) is 0 Å². The van der Waals surface area contributed by atoms with E-state index < -0.39 is 29.7 Å². The summed E-state index contributed by atoms with van der Waals surface area (Å²) in [5.74, 6) is -2.86. The summed E-state index contributed by atoms with van der Waals surface area (Å²) in [5.41, 5.74) is 0.504. The number of benzene rings is 2. The zero-order valence-corrected chi connectivity index (χ0v) is 10.3. The fourth-order valence-corrected chi connectivity index (χ4v) is 2.37. The van der Waals surface area contributed by atoms with Crippen LogP contribution in [0.1, 0.15) is 29.8 Å². The van der Waals surface area contributed by atoms with Crippen molar-refractivity contribution in [2.45, 2.75) is 18.6 Å². The molecule has 1 aliphatic heterocycles. The highest BCUT2D eigenvalue weighted by Crippen LogP contribution is 2.41. The molecule has 1 aliphatic rings. The third-order valence-corrected chi connectivity index (χ3v) is 3.37. The van der Waals surface area contributed by atoms with E-state index in [0.717, 1.165) is 6.07 Å². The Kier molecular flexibility index (Phi) is 3.14. The van der Waals surface area contributed by atoms with Crippen LogP contribution >= 0.6 is 0 Å². The van der Waals surface area contributed by atoms with Gasteiger partial charge in [-0.15, -0.1) is 0 Å². The zero-order valence-electron chi connectivity index (χ0n) is 10.3. The molecule has 1 N–H and O–H groups in total. The number of rotatable bonds is 1. The number of aliphatic hydroxyl groups is 1. The average molecular weight is 280 g/mol. The van der Waals surface area contributed by atoms with E-state index in [0.29, 0.717) is 17.4 Å². The van der Waals surface area contributed by atoms with Crippen molar-refractivity contribution in [1.29, 1.82) is 0 Å². The lowest BCUT2D eigenvalue weighted by molar-refractivity contribution is 0.0638. The molecular weight excluding hydrogens is 269 g/mol. The molecule has 0 saturated carbocycles. The second kappa shape index (κ2) is 4.83. The van der Waals surface area contributed by atoms with Crippen LogP contribution in [-0.2, 0) is 0 Å². The van der Waals surface area contributed by atoms with Crippen LogP contribution in [0.25, 0.3) is 0 Å². The maximum absolute atomic E-state index is 13.7. The monoisotopic (exact) mass is 280 g/mol. The molecule has 0 radical (unpaired) electrons. The summed E-state index contributed by atoms with van der Waals surface area (Å²) < 4.78 is 45.5. The summed E-state index contributed by atoms with van der Waals surface area (Å²) >= 11 is 0. The Morgan fingerprint density at radius 1 is 0.950 bits per heavy atom. The van der Waals surface area contributed by atoms with E-state index in [-0.39, 0.29) is 12.0 Å². The Morgan fingerprint density at radius 2 is 1.65 bits per heavy atom. The van der Waals surface area contributed by atoms with Crippen molar-refractivity contribution >= 4 is 0 Å². The van der Waals surface area contributed by atoms with Gasteiger partial charge in [0.15, 0.2) is 11.6 Å². The van der Waals surface area contributed by atoms with Gasteiger partial charge in [-0.2, -0.15) is 0 Å². The molecule has 0 aliphatic carbocycles. The molecule has 0 aromatic heterocycles. The molecule has 2 nitrogen and oxygen atoms in total. The van der Waals surface area contributed by atoms with Crippen LogP contribution in [0.5, 0.6) is 5.75 Å². The van der Waals surface area contributed by atoms with Gasteiger partial charge < -0.3 is 9.84 Å². The van der Waals surface area contributed by atoms with Crippen molar-refractivity contribution in [3.05, 3.63) is 65.0 Å². The summed E-state index contributed by atoms with van der Waals surface area (Å²) in [6.07, 6.45) is -1.61. The normalized spacial score (nSPS) is 21.2. The summed E-state index contributed by atoms with van der Waals surface area (Å²) in [6, 6.07) is 8.08. The van der Waals surface area contributed by atoms with E-state index in [2.05, 4.69) is 0 Å². The maximum Gasteiger partial charge on any atom is 0.161 e. The van der Waals surface area contributed by atoms with Gasteiger partial charge in [-0.1, -0.05) is 18.2 Å².